The number of aliphatic carboxylic acids is 1. The molecule has 0 amide bonds. The predicted molar refractivity (Wildman–Crippen MR) is 72.9 cm³/mol. The Labute approximate surface area is 112 Å². The number of carbonyl (C=O) groups is 2. The predicted octanol–water partition coefficient (Wildman–Crippen LogP) is 3.13. The maximum Gasteiger partial charge on any atom is 0.338 e. The molecule has 0 atom stereocenters. The van der Waals surface area contributed by atoms with Crippen LogP contribution in [0.1, 0.15) is 43.1 Å². The maximum atomic E-state index is 11.8. The summed E-state index contributed by atoms with van der Waals surface area (Å²) >= 11 is 0. The molecule has 102 valence electrons. The van der Waals surface area contributed by atoms with E-state index < -0.39 is 11.6 Å². The monoisotopic (exact) mass is 262 g/mol. The minimum atomic E-state index is -0.873. The molecule has 0 heterocycles. The third kappa shape index (κ3) is 5.86. The molecule has 4 nitrogen and oxygen atoms in total. The molecule has 0 aliphatic rings. The Hall–Kier alpha value is -2.10. The van der Waals surface area contributed by atoms with Crippen molar-refractivity contribution in [3.63, 3.8) is 0 Å². The number of ether oxygens (including phenoxy) is 1. The van der Waals surface area contributed by atoms with Gasteiger partial charge in [-0.2, -0.15) is 0 Å². The summed E-state index contributed by atoms with van der Waals surface area (Å²) in [5, 5.41) is 8.50. The molecule has 0 aromatic heterocycles. The quantitative estimate of drug-likeness (QED) is 0.847. The van der Waals surface area contributed by atoms with E-state index in [-0.39, 0.29) is 12.4 Å². The van der Waals surface area contributed by atoms with Crippen molar-refractivity contribution in [2.45, 2.75) is 32.8 Å². The van der Waals surface area contributed by atoms with E-state index in [0.29, 0.717) is 5.56 Å². The van der Waals surface area contributed by atoms with Crippen LogP contribution in [0.15, 0.2) is 30.3 Å². The van der Waals surface area contributed by atoms with Crippen molar-refractivity contribution in [1.82, 2.24) is 0 Å². The highest BCUT2D eigenvalue weighted by Crippen LogP contribution is 2.13. The zero-order valence-electron chi connectivity index (χ0n) is 11.3. The van der Waals surface area contributed by atoms with E-state index in [2.05, 4.69) is 0 Å². The molecule has 1 rings (SSSR count). The fourth-order valence-electron chi connectivity index (χ4n) is 1.36. The normalized spacial score (nSPS) is 11.5. The van der Waals surface area contributed by atoms with Gasteiger partial charge in [-0.1, -0.05) is 24.3 Å². The average Bonchev–Trinajstić information content (AvgIpc) is 2.27. The Morgan fingerprint density at radius 2 is 1.79 bits per heavy atom. The first-order chi connectivity index (χ1) is 8.78. The lowest BCUT2D eigenvalue weighted by molar-refractivity contribution is -0.135. The van der Waals surface area contributed by atoms with Crippen LogP contribution in [0.3, 0.4) is 0 Å². The highest BCUT2D eigenvalue weighted by molar-refractivity contribution is 5.89. The molecule has 0 radical (unpaired) electrons. The first kappa shape index (κ1) is 15.0. The van der Waals surface area contributed by atoms with Crippen LogP contribution in [-0.2, 0) is 9.53 Å². The van der Waals surface area contributed by atoms with Gasteiger partial charge in [0.2, 0.25) is 0 Å². The van der Waals surface area contributed by atoms with Crippen molar-refractivity contribution in [2.24, 2.45) is 0 Å². The molecule has 0 bridgehead atoms. The van der Waals surface area contributed by atoms with Gasteiger partial charge < -0.3 is 9.84 Å². The molecule has 0 saturated carbocycles. The van der Waals surface area contributed by atoms with E-state index in [4.69, 9.17) is 9.84 Å². The summed E-state index contributed by atoms with van der Waals surface area (Å²) in [5.41, 5.74) is 0.802. The fraction of sp³-hybridized carbons (Fsp3) is 0.333. The Morgan fingerprint density at radius 1 is 1.21 bits per heavy atom. The highest BCUT2D eigenvalue weighted by Gasteiger charge is 2.17. The van der Waals surface area contributed by atoms with Crippen molar-refractivity contribution in [1.29, 1.82) is 0 Å². The number of carboxylic acids is 1. The van der Waals surface area contributed by atoms with Gasteiger partial charge in [0.15, 0.2) is 0 Å². The number of hydrogen-bond donors (Lipinski definition) is 1. The second-order valence-electron chi connectivity index (χ2n) is 5.12. The molecule has 1 N–H and O–H groups in total. The second-order valence-corrected chi connectivity index (χ2v) is 5.12. The van der Waals surface area contributed by atoms with Crippen LogP contribution in [0.2, 0.25) is 0 Å². The molecular formula is C15H18O4. The van der Waals surface area contributed by atoms with Gasteiger partial charge in [0, 0.05) is 0 Å². The summed E-state index contributed by atoms with van der Waals surface area (Å²) in [5.74, 6) is -1.24. The maximum absolute atomic E-state index is 11.8. The van der Waals surface area contributed by atoms with E-state index >= 15 is 0 Å². The molecule has 0 aliphatic heterocycles. The summed E-state index contributed by atoms with van der Waals surface area (Å²) < 4.78 is 5.24. The SMILES string of the molecule is CC(C)(C)OC(=O)c1ccc(C=CCC(=O)O)cc1. The summed E-state index contributed by atoms with van der Waals surface area (Å²) in [6, 6.07) is 6.82. The third-order valence-corrected chi connectivity index (χ3v) is 2.15. The van der Waals surface area contributed by atoms with Crippen LogP contribution in [0.4, 0.5) is 0 Å². The first-order valence-corrected chi connectivity index (χ1v) is 6.00. The van der Waals surface area contributed by atoms with E-state index in [9.17, 15) is 9.59 Å². The molecule has 0 spiro atoms. The summed E-state index contributed by atoms with van der Waals surface area (Å²) in [6.45, 7) is 5.44. The fourth-order valence-corrected chi connectivity index (χ4v) is 1.36. The smallest absolute Gasteiger partial charge is 0.338 e. The Morgan fingerprint density at radius 3 is 2.26 bits per heavy atom. The van der Waals surface area contributed by atoms with Crippen LogP contribution < -0.4 is 0 Å². The van der Waals surface area contributed by atoms with Gasteiger partial charge in [-0.3, -0.25) is 4.79 Å². The van der Waals surface area contributed by atoms with Crippen LogP contribution in [-0.4, -0.2) is 22.6 Å². The summed E-state index contributed by atoms with van der Waals surface area (Å²) in [6.07, 6.45) is 3.24. The lowest BCUT2D eigenvalue weighted by Crippen LogP contribution is -2.23. The molecule has 0 fully saturated rings. The Kier molecular flexibility index (Phi) is 4.87. The van der Waals surface area contributed by atoms with Crippen molar-refractivity contribution in [3.8, 4) is 0 Å². The van der Waals surface area contributed by atoms with Crippen LogP contribution in [0.5, 0.6) is 0 Å². The van der Waals surface area contributed by atoms with Crippen LogP contribution in [0, 0.1) is 0 Å². The minimum Gasteiger partial charge on any atom is -0.481 e. The number of esters is 1. The van der Waals surface area contributed by atoms with Crippen molar-refractivity contribution < 1.29 is 19.4 Å². The zero-order valence-corrected chi connectivity index (χ0v) is 11.3. The third-order valence-electron chi connectivity index (χ3n) is 2.15. The zero-order chi connectivity index (χ0) is 14.5. The molecule has 1 aromatic carbocycles. The van der Waals surface area contributed by atoms with Gasteiger partial charge in [0.05, 0.1) is 12.0 Å². The lowest BCUT2D eigenvalue weighted by Gasteiger charge is -2.19. The van der Waals surface area contributed by atoms with Gasteiger partial charge in [-0.05, 0) is 38.5 Å². The topological polar surface area (TPSA) is 63.6 Å². The molecule has 0 aliphatic carbocycles. The van der Waals surface area contributed by atoms with E-state index in [1.54, 1.807) is 36.4 Å². The van der Waals surface area contributed by atoms with Gasteiger partial charge in [-0.15, -0.1) is 0 Å². The summed E-state index contributed by atoms with van der Waals surface area (Å²) in [4.78, 5) is 22.1. The molecule has 0 saturated heterocycles. The number of carbonyl (C=O) groups excluding carboxylic acids is 1. The Bertz CT molecular complexity index is 478. The van der Waals surface area contributed by atoms with Gasteiger partial charge >= 0.3 is 11.9 Å². The van der Waals surface area contributed by atoms with E-state index in [1.807, 2.05) is 20.8 Å². The highest BCUT2D eigenvalue weighted by atomic mass is 16.6. The van der Waals surface area contributed by atoms with Crippen molar-refractivity contribution in [3.05, 3.63) is 41.5 Å². The number of benzene rings is 1. The summed E-state index contributed by atoms with van der Waals surface area (Å²) in [7, 11) is 0. The van der Waals surface area contributed by atoms with Crippen LogP contribution >= 0.6 is 0 Å². The minimum absolute atomic E-state index is 0.0200. The van der Waals surface area contributed by atoms with Crippen LogP contribution in [0.25, 0.3) is 6.08 Å². The van der Waals surface area contributed by atoms with Gasteiger partial charge in [0.25, 0.3) is 0 Å². The number of carboxylic acid groups (broad SMARTS) is 1. The second kappa shape index (κ2) is 6.18. The molecule has 1 aromatic rings. The average molecular weight is 262 g/mol. The Balaban J connectivity index is 2.68. The van der Waals surface area contributed by atoms with Gasteiger partial charge in [-0.25, -0.2) is 4.79 Å². The molecular weight excluding hydrogens is 244 g/mol. The standard InChI is InChI=1S/C15H18O4/c1-15(2,3)19-14(18)12-9-7-11(8-10-12)5-4-6-13(16)17/h4-5,7-10H,6H2,1-3H3,(H,16,17). The van der Waals surface area contributed by atoms with E-state index in [1.165, 1.54) is 0 Å². The molecule has 4 heteroatoms. The first-order valence-electron chi connectivity index (χ1n) is 6.00. The lowest BCUT2D eigenvalue weighted by atomic mass is 10.1. The van der Waals surface area contributed by atoms with Crippen molar-refractivity contribution >= 4 is 18.0 Å². The largest absolute Gasteiger partial charge is 0.481 e. The molecule has 19 heavy (non-hydrogen) atoms. The molecule has 0 unspecified atom stereocenters. The van der Waals surface area contributed by atoms with Crippen molar-refractivity contribution in [2.75, 3.05) is 0 Å². The van der Waals surface area contributed by atoms with E-state index in [0.717, 1.165) is 5.56 Å². The number of rotatable bonds is 4. The van der Waals surface area contributed by atoms with Gasteiger partial charge in [0.1, 0.15) is 5.60 Å². The number of hydrogen-bond acceptors (Lipinski definition) is 3.